The molecule has 2 aromatic rings. The van der Waals surface area contributed by atoms with Crippen molar-refractivity contribution in [2.45, 2.75) is 19.7 Å². The first-order chi connectivity index (χ1) is 11.5. The normalized spacial score (nSPS) is 11.5. The lowest BCUT2D eigenvalue weighted by Crippen LogP contribution is -2.38. The second kappa shape index (κ2) is 8.40. The van der Waals surface area contributed by atoms with E-state index in [2.05, 4.69) is 10.3 Å². The summed E-state index contributed by atoms with van der Waals surface area (Å²) in [6, 6.07) is 11.0. The van der Waals surface area contributed by atoms with Gasteiger partial charge in [-0.05, 0) is 35.4 Å². The largest absolute Gasteiger partial charge is 0.392 e. The second-order valence-corrected chi connectivity index (χ2v) is 5.47. The van der Waals surface area contributed by atoms with Crippen molar-refractivity contribution < 1.29 is 13.9 Å². The van der Waals surface area contributed by atoms with Crippen LogP contribution in [0.2, 0.25) is 0 Å². The van der Waals surface area contributed by atoms with Crippen LogP contribution in [0.25, 0.3) is 0 Å². The van der Waals surface area contributed by atoms with Crippen molar-refractivity contribution in [3.63, 3.8) is 0 Å². The molecule has 0 amide bonds. The fourth-order valence-corrected chi connectivity index (χ4v) is 2.41. The zero-order valence-electron chi connectivity index (χ0n) is 13.8. The van der Waals surface area contributed by atoms with E-state index in [1.54, 1.807) is 25.2 Å². The number of nitrogens with zero attached hydrogens (tertiary/aromatic N) is 2. The molecule has 2 N–H and O–H groups in total. The predicted molar refractivity (Wildman–Crippen MR) is 90.4 cm³/mol. The Morgan fingerprint density at radius 3 is 2.62 bits per heavy atom. The third-order valence-corrected chi connectivity index (χ3v) is 3.61. The lowest BCUT2D eigenvalue weighted by molar-refractivity contribution is 0.275. The predicted octanol–water partition coefficient (Wildman–Crippen LogP) is 2.66. The van der Waals surface area contributed by atoms with E-state index in [-0.39, 0.29) is 18.0 Å². The van der Waals surface area contributed by atoms with Crippen molar-refractivity contribution in [3.05, 3.63) is 70.8 Å². The van der Waals surface area contributed by atoms with Crippen LogP contribution in [0.4, 0.5) is 8.78 Å². The van der Waals surface area contributed by atoms with Gasteiger partial charge in [0.15, 0.2) is 5.96 Å². The average molecular weight is 333 g/mol. The van der Waals surface area contributed by atoms with Gasteiger partial charge in [-0.1, -0.05) is 18.2 Å². The summed E-state index contributed by atoms with van der Waals surface area (Å²) in [4.78, 5) is 6.06. The minimum Gasteiger partial charge on any atom is -0.392 e. The smallest absolute Gasteiger partial charge is 0.193 e. The summed E-state index contributed by atoms with van der Waals surface area (Å²) in [7, 11) is 3.51. The maximum absolute atomic E-state index is 13.4. The molecule has 0 aliphatic rings. The summed E-state index contributed by atoms with van der Waals surface area (Å²) in [5.41, 5.74) is 1.93. The van der Waals surface area contributed by atoms with Crippen LogP contribution in [0.15, 0.2) is 47.5 Å². The molecule has 0 aromatic heterocycles. The highest BCUT2D eigenvalue weighted by molar-refractivity contribution is 5.79. The van der Waals surface area contributed by atoms with Gasteiger partial charge in [0.2, 0.25) is 0 Å². The molecular formula is C18H21F2N3O. The van der Waals surface area contributed by atoms with Gasteiger partial charge in [-0.25, -0.2) is 8.78 Å². The number of aliphatic hydroxyl groups excluding tert-OH is 1. The molecule has 0 unspecified atom stereocenters. The average Bonchev–Trinajstić information content (AvgIpc) is 2.56. The van der Waals surface area contributed by atoms with E-state index in [9.17, 15) is 8.78 Å². The minimum atomic E-state index is -0.422. The summed E-state index contributed by atoms with van der Waals surface area (Å²) in [5.74, 6) is -0.0605. The van der Waals surface area contributed by atoms with Crippen molar-refractivity contribution in [2.24, 2.45) is 4.99 Å². The highest BCUT2D eigenvalue weighted by atomic mass is 19.1. The van der Waals surface area contributed by atoms with Gasteiger partial charge in [0.25, 0.3) is 0 Å². The molecule has 128 valence electrons. The number of aliphatic hydroxyl groups is 1. The van der Waals surface area contributed by atoms with Gasteiger partial charge in [0, 0.05) is 32.7 Å². The standard InChI is InChI=1S/C18H21F2N3O/c1-21-18(23(2)11-14-4-3-5-16(19)9-14)22-10-13-6-7-17(20)15(8-13)12-24/h3-9,24H,10-12H2,1-2H3,(H,21,22). The Bertz CT molecular complexity index is 719. The molecule has 4 nitrogen and oxygen atoms in total. The van der Waals surface area contributed by atoms with Crippen molar-refractivity contribution >= 4 is 5.96 Å². The molecule has 0 fully saturated rings. The number of benzene rings is 2. The molecule has 2 rings (SSSR count). The molecule has 6 heteroatoms. The molecule has 0 aliphatic carbocycles. The van der Waals surface area contributed by atoms with Crippen LogP contribution < -0.4 is 5.32 Å². The van der Waals surface area contributed by atoms with Crippen LogP contribution >= 0.6 is 0 Å². The molecule has 2 aromatic carbocycles. The van der Waals surface area contributed by atoms with E-state index < -0.39 is 5.82 Å². The maximum atomic E-state index is 13.4. The van der Waals surface area contributed by atoms with Crippen molar-refractivity contribution in [1.29, 1.82) is 0 Å². The highest BCUT2D eigenvalue weighted by Gasteiger charge is 2.08. The van der Waals surface area contributed by atoms with Gasteiger partial charge in [0.05, 0.1) is 6.61 Å². The van der Waals surface area contributed by atoms with Crippen LogP contribution in [0.5, 0.6) is 0 Å². The van der Waals surface area contributed by atoms with E-state index in [0.29, 0.717) is 19.0 Å². The highest BCUT2D eigenvalue weighted by Crippen LogP contribution is 2.11. The minimum absolute atomic E-state index is 0.261. The SMILES string of the molecule is CN=C(NCc1ccc(F)c(CO)c1)N(C)Cc1cccc(F)c1. The van der Waals surface area contributed by atoms with E-state index >= 15 is 0 Å². The Hall–Kier alpha value is -2.47. The quantitative estimate of drug-likeness (QED) is 0.653. The molecule has 0 spiro atoms. The van der Waals surface area contributed by atoms with Gasteiger partial charge >= 0.3 is 0 Å². The summed E-state index contributed by atoms with van der Waals surface area (Å²) in [6.45, 7) is 0.601. The molecule has 0 heterocycles. The van der Waals surface area contributed by atoms with Crippen LogP contribution in [0.1, 0.15) is 16.7 Å². The number of guanidine groups is 1. The van der Waals surface area contributed by atoms with E-state index in [0.717, 1.165) is 11.1 Å². The lowest BCUT2D eigenvalue weighted by Gasteiger charge is -2.22. The number of rotatable bonds is 5. The first-order valence-electron chi connectivity index (χ1n) is 7.58. The Kier molecular flexibility index (Phi) is 6.26. The van der Waals surface area contributed by atoms with Crippen molar-refractivity contribution in [1.82, 2.24) is 10.2 Å². The number of hydrogen-bond acceptors (Lipinski definition) is 2. The fourth-order valence-electron chi connectivity index (χ4n) is 2.41. The van der Waals surface area contributed by atoms with Crippen molar-refractivity contribution in [2.75, 3.05) is 14.1 Å². The lowest BCUT2D eigenvalue weighted by atomic mass is 10.1. The Balaban J connectivity index is 1.99. The van der Waals surface area contributed by atoms with Gasteiger partial charge < -0.3 is 15.3 Å². The van der Waals surface area contributed by atoms with Crippen molar-refractivity contribution in [3.8, 4) is 0 Å². The monoisotopic (exact) mass is 333 g/mol. The Morgan fingerprint density at radius 1 is 1.17 bits per heavy atom. The Labute approximate surface area is 140 Å². The third kappa shape index (κ3) is 4.76. The summed E-state index contributed by atoms with van der Waals surface area (Å²) < 4.78 is 26.7. The Morgan fingerprint density at radius 2 is 1.96 bits per heavy atom. The first-order valence-corrected chi connectivity index (χ1v) is 7.58. The number of halogens is 2. The summed E-state index contributed by atoms with van der Waals surface area (Å²) in [5, 5.41) is 12.3. The zero-order valence-corrected chi connectivity index (χ0v) is 13.8. The van der Waals surface area contributed by atoms with E-state index in [1.807, 2.05) is 18.0 Å². The second-order valence-electron chi connectivity index (χ2n) is 5.47. The molecular weight excluding hydrogens is 312 g/mol. The molecule has 24 heavy (non-hydrogen) atoms. The zero-order chi connectivity index (χ0) is 17.5. The molecule has 0 bridgehead atoms. The molecule has 0 saturated carbocycles. The topological polar surface area (TPSA) is 47.9 Å². The molecule has 0 radical (unpaired) electrons. The van der Waals surface area contributed by atoms with Gasteiger partial charge in [0.1, 0.15) is 11.6 Å². The number of aliphatic imine (C=N–C) groups is 1. The van der Waals surface area contributed by atoms with Crippen LogP contribution in [-0.2, 0) is 19.7 Å². The molecule has 0 atom stereocenters. The van der Waals surface area contributed by atoms with Crippen LogP contribution in [0.3, 0.4) is 0 Å². The molecule has 0 saturated heterocycles. The summed E-state index contributed by atoms with van der Waals surface area (Å²) >= 11 is 0. The summed E-state index contributed by atoms with van der Waals surface area (Å²) in [6.07, 6.45) is 0. The van der Waals surface area contributed by atoms with Gasteiger partial charge in [-0.15, -0.1) is 0 Å². The van der Waals surface area contributed by atoms with Crippen LogP contribution in [-0.4, -0.2) is 30.1 Å². The fraction of sp³-hybridized carbons (Fsp3) is 0.278. The molecule has 0 aliphatic heterocycles. The van der Waals surface area contributed by atoms with E-state index in [1.165, 1.54) is 18.2 Å². The maximum Gasteiger partial charge on any atom is 0.193 e. The van der Waals surface area contributed by atoms with Crippen LogP contribution in [0, 0.1) is 11.6 Å². The van der Waals surface area contributed by atoms with Gasteiger partial charge in [-0.2, -0.15) is 0 Å². The number of hydrogen-bond donors (Lipinski definition) is 2. The first kappa shape index (κ1) is 17.9. The van der Waals surface area contributed by atoms with Gasteiger partial charge in [-0.3, -0.25) is 4.99 Å². The third-order valence-electron chi connectivity index (χ3n) is 3.61. The van der Waals surface area contributed by atoms with E-state index in [4.69, 9.17) is 5.11 Å². The number of nitrogens with one attached hydrogen (secondary N) is 1.